The van der Waals surface area contributed by atoms with Gasteiger partial charge in [0.15, 0.2) is 0 Å². The molecule has 0 bridgehead atoms. The van der Waals surface area contributed by atoms with Gasteiger partial charge >= 0.3 is 12.1 Å². The largest absolute Gasteiger partial charge is 0.458 e. The molecule has 1 aliphatic heterocycles. The molecule has 5 aromatic rings. The van der Waals surface area contributed by atoms with Gasteiger partial charge in [0.05, 0.1) is 16.8 Å². The number of hydrogen-bond acceptors (Lipinski definition) is 5. The minimum Gasteiger partial charge on any atom is -0.337 e. The molecule has 2 aromatic carbocycles. The molecule has 0 saturated carbocycles. The normalized spacial score (nSPS) is 15.5. The summed E-state index contributed by atoms with van der Waals surface area (Å²) in [7, 11) is 1.45. The molecule has 6 rings (SSSR count). The fourth-order valence-electron chi connectivity index (χ4n) is 5.24. The predicted molar refractivity (Wildman–Crippen MR) is 145 cm³/mol. The fourth-order valence-corrected chi connectivity index (χ4v) is 5.24. The third kappa shape index (κ3) is 4.83. The Morgan fingerprint density at radius 1 is 1.07 bits per heavy atom. The van der Waals surface area contributed by atoms with Crippen molar-refractivity contribution in [2.45, 2.75) is 31.0 Å². The van der Waals surface area contributed by atoms with E-state index in [1.165, 1.54) is 42.4 Å². The molecular weight excluding hydrogens is 592 g/mol. The Morgan fingerprint density at radius 3 is 2.59 bits per heavy atom. The first-order valence-corrected chi connectivity index (χ1v) is 13.1. The molecular formula is C29H21F6N7O2. The van der Waals surface area contributed by atoms with Crippen LogP contribution in [0, 0.1) is 5.82 Å². The summed E-state index contributed by atoms with van der Waals surface area (Å²) in [4.78, 5) is 35.8. The van der Waals surface area contributed by atoms with Crippen LogP contribution in [0.15, 0.2) is 67.0 Å². The van der Waals surface area contributed by atoms with Gasteiger partial charge in [-0.2, -0.15) is 22.0 Å². The van der Waals surface area contributed by atoms with E-state index < -0.39 is 47.2 Å². The lowest BCUT2D eigenvalue weighted by Gasteiger charge is -2.23. The fraction of sp³-hybridized carbons (Fsp3) is 0.207. The van der Waals surface area contributed by atoms with Crippen molar-refractivity contribution >= 4 is 28.4 Å². The van der Waals surface area contributed by atoms with E-state index in [9.17, 15) is 35.9 Å². The molecule has 15 heteroatoms. The van der Waals surface area contributed by atoms with Crippen LogP contribution in [0.2, 0.25) is 0 Å². The first kappa shape index (κ1) is 28.9. The Morgan fingerprint density at radius 2 is 1.84 bits per heavy atom. The zero-order valence-corrected chi connectivity index (χ0v) is 22.7. The summed E-state index contributed by atoms with van der Waals surface area (Å²) in [6.45, 7) is 0. The summed E-state index contributed by atoms with van der Waals surface area (Å²) in [5.41, 5.74) is -0.0484. The van der Waals surface area contributed by atoms with Crippen molar-refractivity contribution in [3.63, 3.8) is 0 Å². The minimum absolute atomic E-state index is 0.0295. The minimum atomic E-state index is -5.87. The summed E-state index contributed by atoms with van der Waals surface area (Å²) in [5, 5.41) is 9.45. The Kier molecular flexibility index (Phi) is 6.89. The second-order valence-electron chi connectivity index (χ2n) is 10.1. The molecule has 0 radical (unpaired) electrons. The van der Waals surface area contributed by atoms with Gasteiger partial charge in [-0.1, -0.05) is 24.3 Å². The van der Waals surface area contributed by atoms with Gasteiger partial charge in [0.25, 0.3) is 5.91 Å². The molecule has 0 fully saturated rings. The van der Waals surface area contributed by atoms with Crippen molar-refractivity contribution in [3.05, 3.63) is 101 Å². The molecule has 44 heavy (non-hydrogen) atoms. The van der Waals surface area contributed by atoms with Gasteiger partial charge in [-0.3, -0.25) is 14.7 Å². The topological polar surface area (TPSA) is 109 Å². The Balaban J connectivity index is 1.34. The molecule has 0 unspecified atom stereocenters. The number of nitrogens with one attached hydrogen (secondary N) is 2. The van der Waals surface area contributed by atoms with Gasteiger partial charge in [-0.05, 0) is 41.5 Å². The second kappa shape index (κ2) is 10.5. The molecule has 1 atom stereocenters. The number of halogens is 6. The highest BCUT2D eigenvalue weighted by molar-refractivity contribution is 6.09. The van der Waals surface area contributed by atoms with E-state index in [4.69, 9.17) is 0 Å². The van der Waals surface area contributed by atoms with Gasteiger partial charge in [0.1, 0.15) is 23.5 Å². The summed E-state index contributed by atoms with van der Waals surface area (Å²) in [6, 6.07) is 11.1. The molecule has 3 aromatic heterocycles. The lowest BCUT2D eigenvalue weighted by molar-refractivity contribution is -0.289. The van der Waals surface area contributed by atoms with Crippen molar-refractivity contribution in [1.82, 2.24) is 30.0 Å². The number of aromatic nitrogens is 5. The van der Waals surface area contributed by atoms with Crippen LogP contribution in [0.3, 0.4) is 0 Å². The number of likely N-dealkylation sites (N-methyl/N-ethyl adjacent to an activating group) is 1. The van der Waals surface area contributed by atoms with Crippen molar-refractivity contribution in [2.24, 2.45) is 0 Å². The van der Waals surface area contributed by atoms with E-state index in [1.54, 1.807) is 18.2 Å². The van der Waals surface area contributed by atoms with Crippen molar-refractivity contribution < 1.29 is 35.9 Å². The van der Waals surface area contributed by atoms with Crippen LogP contribution in [0.1, 0.15) is 33.1 Å². The smallest absolute Gasteiger partial charge is 0.337 e. The highest BCUT2D eigenvalue weighted by Gasteiger charge is 2.60. The number of nitrogens with zero attached hydrogens (tertiary/aromatic N) is 5. The Hall–Kier alpha value is -5.21. The number of aromatic amines is 1. The van der Waals surface area contributed by atoms with E-state index in [2.05, 4.69) is 25.5 Å². The van der Waals surface area contributed by atoms with Gasteiger partial charge in [0.2, 0.25) is 11.7 Å². The third-order valence-corrected chi connectivity index (χ3v) is 7.37. The van der Waals surface area contributed by atoms with Crippen LogP contribution in [-0.4, -0.2) is 55.8 Å². The molecule has 4 heterocycles. The van der Waals surface area contributed by atoms with Gasteiger partial charge < -0.3 is 14.8 Å². The lowest BCUT2D eigenvalue weighted by atomic mass is 10.1. The van der Waals surface area contributed by atoms with E-state index in [-0.39, 0.29) is 30.0 Å². The SMILES string of the molecule is CN1C(=O)[C@@H](NC(=O)c2n[nH]c(Cc3ccccc3F)n2)Cc2cn(-c3ncccc3C(F)(F)C(F)(F)F)c3cccc1c23. The highest BCUT2D eigenvalue weighted by atomic mass is 19.4. The maximum Gasteiger partial charge on any atom is 0.458 e. The van der Waals surface area contributed by atoms with Crippen molar-refractivity contribution in [3.8, 4) is 5.82 Å². The molecule has 1 aliphatic rings. The summed E-state index contributed by atoms with van der Waals surface area (Å²) in [6.07, 6.45) is -3.55. The molecule has 0 aliphatic carbocycles. The Bertz CT molecular complexity index is 1920. The standard InChI is InChI=1S/C29H21F6N7O2/c1-41-20-9-4-10-21-23(20)16(14-42(21)25-17(7-5-11-36-25)28(31,32)29(33,34)35)12-19(27(41)44)37-26(43)24-38-22(39-40-24)13-15-6-2-3-8-18(15)30/h2-11,14,19H,12-13H2,1H3,(H,37,43)(H,38,39,40)/t19-/m0/s1. The van der Waals surface area contributed by atoms with Crippen LogP contribution >= 0.6 is 0 Å². The Labute approximate surface area is 244 Å². The average molecular weight is 614 g/mol. The molecule has 226 valence electrons. The van der Waals surface area contributed by atoms with Crippen LogP contribution in [0.25, 0.3) is 16.7 Å². The highest BCUT2D eigenvalue weighted by Crippen LogP contribution is 2.46. The van der Waals surface area contributed by atoms with Crippen LogP contribution < -0.4 is 10.2 Å². The zero-order chi connectivity index (χ0) is 31.4. The first-order valence-electron chi connectivity index (χ1n) is 13.1. The maximum absolute atomic E-state index is 14.6. The number of alkyl halides is 5. The molecule has 9 nitrogen and oxygen atoms in total. The molecule has 2 N–H and O–H groups in total. The number of carbonyl (C=O) groups excluding carboxylic acids is 2. The molecule has 2 amide bonds. The number of H-pyrrole nitrogens is 1. The molecule has 0 spiro atoms. The number of carbonyl (C=O) groups is 2. The lowest BCUT2D eigenvalue weighted by Crippen LogP contribution is -2.48. The van der Waals surface area contributed by atoms with Crippen molar-refractivity contribution in [2.75, 3.05) is 11.9 Å². The number of amides is 2. The first-order chi connectivity index (χ1) is 20.9. The van der Waals surface area contributed by atoms with Gasteiger partial charge in [-0.15, -0.1) is 5.10 Å². The summed E-state index contributed by atoms with van der Waals surface area (Å²) < 4.78 is 84.4. The number of benzene rings is 2. The quantitative estimate of drug-likeness (QED) is 0.267. The van der Waals surface area contributed by atoms with Crippen LogP contribution in [0.4, 0.5) is 32.0 Å². The number of hydrogen-bond donors (Lipinski definition) is 2. The van der Waals surface area contributed by atoms with E-state index in [1.807, 2.05) is 0 Å². The maximum atomic E-state index is 14.6. The van der Waals surface area contributed by atoms with E-state index in [0.717, 1.165) is 16.8 Å². The number of anilines is 1. The van der Waals surface area contributed by atoms with E-state index in [0.29, 0.717) is 28.3 Å². The van der Waals surface area contributed by atoms with Crippen LogP contribution in [0.5, 0.6) is 0 Å². The second-order valence-corrected chi connectivity index (χ2v) is 10.1. The monoisotopic (exact) mass is 613 g/mol. The summed E-state index contributed by atoms with van der Waals surface area (Å²) >= 11 is 0. The number of rotatable bonds is 6. The average Bonchev–Trinajstić information content (AvgIpc) is 3.59. The predicted octanol–water partition coefficient (Wildman–Crippen LogP) is 4.85. The van der Waals surface area contributed by atoms with E-state index >= 15 is 0 Å². The summed E-state index contributed by atoms with van der Waals surface area (Å²) in [5.74, 6) is -7.72. The zero-order valence-electron chi connectivity index (χ0n) is 22.7. The van der Waals surface area contributed by atoms with Crippen molar-refractivity contribution in [1.29, 1.82) is 0 Å². The van der Waals surface area contributed by atoms with Gasteiger partial charge in [0, 0.05) is 37.7 Å². The third-order valence-electron chi connectivity index (χ3n) is 7.37. The number of pyridine rings is 1. The van der Waals surface area contributed by atoms with Gasteiger partial charge in [-0.25, -0.2) is 14.4 Å². The molecule has 0 saturated heterocycles. The van der Waals surface area contributed by atoms with Crippen LogP contribution in [-0.2, 0) is 23.6 Å².